The molecule has 1 aromatic heterocycles. The van der Waals surface area contributed by atoms with Crippen LogP contribution in [0.15, 0.2) is 23.9 Å². The normalized spacial score (nSPS) is 37.5. The summed E-state index contributed by atoms with van der Waals surface area (Å²) in [5, 5.41) is 10.3. The van der Waals surface area contributed by atoms with Crippen molar-refractivity contribution in [3.8, 4) is 6.01 Å². The van der Waals surface area contributed by atoms with Crippen molar-refractivity contribution in [2.75, 3.05) is 37.7 Å². The summed E-state index contributed by atoms with van der Waals surface area (Å²) < 4.78 is 5.46. The molecule has 0 spiro atoms. The third-order valence-corrected chi connectivity index (χ3v) is 12.5. The summed E-state index contributed by atoms with van der Waals surface area (Å²) in [4.78, 5) is 26.3. The predicted molar refractivity (Wildman–Crippen MR) is 162 cm³/mol. The predicted octanol–water partition coefficient (Wildman–Crippen LogP) is 5.88. The van der Waals surface area contributed by atoms with Gasteiger partial charge in [-0.15, -0.1) is 0 Å². The summed E-state index contributed by atoms with van der Waals surface area (Å²) in [5.41, 5.74) is 2.28. The Bertz CT molecular complexity index is 1130. The lowest BCUT2D eigenvalue weighted by Gasteiger charge is -2.58. The van der Waals surface area contributed by atoms with E-state index in [9.17, 15) is 9.90 Å². The molecule has 3 saturated carbocycles. The average Bonchev–Trinajstić information content (AvgIpc) is 3.34. The number of aromatic nitrogens is 2. The van der Waals surface area contributed by atoms with Crippen molar-refractivity contribution in [1.82, 2.24) is 14.9 Å². The molecule has 1 aromatic rings. The van der Waals surface area contributed by atoms with E-state index in [1.54, 1.807) is 11.8 Å². The SMILES string of the molecule is CCOc1nccc(N2CCN(C(=O)CCC(C)[C@H]3CC[C@H]4[C@@H]5CC=C6C[C@@H](O)CC[C@]6(C)[C@H]5CC[C@]34C)CC2)n1. The molecule has 1 aliphatic heterocycles. The molecule has 4 fully saturated rings. The van der Waals surface area contributed by atoms with Crippen LogP contribution in [-0.4, -0.2) is 64.8 Å². The van der Waals surface area contributed by atoms with Crippen LogP contribution >= 0.6 is 0 Å². The number of amides is 1. The Kier molecular flexibility index (Phi) is 8.12. The Hall–Kier alpha value is -2.15. The first kappa shape index (κ1) is 28.9. The Morgan fingerprint density at radius 1 is 1.12 bits per heavy atom. The highest BCUT2D eigenvalue weighted by molar-refractivity contribution is 5.76. The van der Waals surface area contributed by atoms with Crippen molar-refractivity contribution in [2.24, 2.45) is 40.4 Å². The van der Waals surface area contributed by atoms with Gasteiger partial charge < -0.3 is 19.6 Å². The van der Waals surface area contributed by atoms with E-state index in [0.29, 0.717) is 41.7 Å². The third-order valence-electron chi connectivity index (χ3n) is 12.5. The zero-order valence-corrected chi connectivity index (χ0v) is 25.9. The largest absolute Gasteiger partial charge is 0.464 e. The first-order valence-electron chi connectivity index (χ1n) is 16.6. The number of anilines is 1. The molecule has 4 aliphatic carbocycles. The first-order valence-corrected chi connectivity index (χ1v) is 16.6. The molecule has 6 rings (SSSR count). The average molecular weight is 565 g/mol. The number of carbonyl (C=O) groups is 1. The van der Waals surface area contributed by atoms with Crippen LogP contribution in [0.1, 0.15) is 91.9 Å². The minimum absolute atomic E-state index is 0.129. The maximum absolute atomic E-state index is 13.3. The minimum atomic E-state index is -0.129. The van der Waals surface area contributed by atoms with Crippen molar-refractivity contribution < 1.29 is 14.6 Å². The molecule has 8 atom stereocenters. The summed E-state index contributed by atoms with van der Waals surface area (Å²) in [6.07, 6.45) is 15.4. The molecule has 5 aliphatic rings. The van der Waals surface area contributed by atoms with Gasteiger partial charge in [-0.1, -0.05) is 32.4 Å². The van der Waals surface area contributed by atoms with Crippen molar-refractivity contribution in [3.63, 3.8) is 0 Å². The van der Waals surface area contributed by atoms with Gasteiger partial charge in [0.25, 0.3) is 0 Å². The number of rotatable bonds is 7. The summed E-state index contributed by atoms with van der Waals surface area (Å²) in [7, 11) is 0. The van der Waals surface area contributed by atoms with E-state index in [1.165, 1.54) is 32.1 Å². The minimum Gasteiger partial charge on any atom is -0.464 e. The molecule has 0 bridgehead atoms. The van der Waals surface area contributed by atoms with E-state index in [-0.39, 0.29) is 6.10 Å². The number of allylic oxidation sites excluding steroid dienone is 1. The number of nitrogens with zero attached hydrogens (tertiary/aromatic N) is 4. The number of piperazine rings is 1. The van der Waals surface area contributed by atoms with Gasteiger partial charge in [-0.25, -0.2) is 4.98 Å². The lowest BCUT2D eigenvalue weighted by molar-refractivity contribution is -0.132. The van der Waals surface area contributed by atoms with Gasteiger partial charge in [-0.2, -0.15) is 4.98 Å². The van der Waals surface area contributed by atoms with Gasteiger partial charge in [0.15, 0.2) is 0 Å². The van der Waals surface area contributed by atoms with Gasteiger partial charge >= 0.3 is 6.01 Å². The highest BCUT2D eigenvalue weighted by Crippen LogP contribution is 2.67. The molecule has 1 N–H and O–H groups in total. The van der Waals surface area contributed by atoms with Crippen LogP contribution in [0.4, 0.5) is 5.82 Å². The molecule has 7 heteroatoms. The zero-order chi connectivity index (χ0) is 28.8. The van der Waals surface area contributed by atoms with E-state index in [0.717, 1.165) is 81.4 Å². The van der Waals surface area contributed by atoms with Crippen LogP contribution in [0, 0.1) is 40.4 Å². The maximum atomic E-state index is 13.3. The molecule has 0 aromatic carbocycles. The van der Waals surface area contributed by atoms with Gasteiger partial charge in [0.2, 0.25) is 5.91 Å². The maximum Gasteiger partial charge on any atom is 0.318 e. The van der Waals surface area contributed by atoms with Crippen molar-refractivity contribution in [3.05, 3.63) is 23.9 Å². The number of aliphatic hydroxyl groups is 1. The highest BCUT2D eigenvalue weighted by atomic mass is 16.5. The monoisotopic (exact) mass is 564 g/mol. The smallest absolute Gasteiger partial charge is 0.318 e. The fraction of sp³-hybridized carbons (Fsp3) is 0.794. The molecule has 0 radical (unpaired) electrons. The van der Waals surface area contributed by atoms with Crippen LogP contribution in [0.3, 0.4) is 0 Å². The number of fused-ring (bicyclic) bond motifs is 5. The Morgan fingerprint density at radius 2 is 1.93 bits per heavy atom. The van der Waals surface area contributed by atoms with Gasteiger partial charge in [-0.3, -0.25) is 4.79 Å². The van der Waals surface area contributed by atoms with Crippen molar-refractivity contribution >= 4 is 11.7 Å². The second kappa shape index (κ2) is 11.5. The van der Waals surface area contributed by atoms with E-state index in [1.807, 2.05) is 13.0 Å². The Labute approximate surface area is 247 Å². The second-order valence-corrected chi connectivity index (χ2v) is 14.4. The summed E-state index contributed by atoms with van der Waals surface area (Å²) in [5.74, 6) is 4.89. The zero-order valence-electron chi connectivity index (χ0n) is 25.9. The van der Waals surface area contributed by atoms with E-state index >= 15 is 0 Å². The topological polar surface area (TPSA) is 78.8 Å². The fourth-order valence-electron chi connectivity index (χ4n) is 10.2. The molecule has 7 nitrogen and oxygen atoms in total. The fourth-order valence-corrected chi connectivity index (χ4v) is 10.2. The van der Waals surface area contributed by atoms with Crippen LogP contribution in [-0.2, 0) is 4.79 Å². The van der Waals surface area contributed by atoms with Crippen LogP contribution in [0.2, 0.25) is 0 Å². The first-order chi connectivity index (χ1) is 19.7. The van der Waals surface area contributed by atoms with E-state index in [2.05, 4.69) is 46.6 Å². The number of aliphatic hydroxyl groups excluding tert-OH is 1. The van der Waals surface area contributed by atoms with Gasteiger partial charge in [0, 0.05) is 38.8 Å². The molecule has 2 heterocycles. The van der Waals surface area contributed by atoms with Gasteiger partial charge in [0.05, 0.1) is 12.7 Å². The van der Waals surface area contributed by atoms with Crippen molar-refractivity contribution in [2.45, 2.75) is 98.0 Å². The highest BCUT2D eigenvalue weighted by Gasteiger charge is 2.59. The molecule has 1 saturated heterocycles. The number of carbonyl (C=O) groups excluding carboxylic acids is 1. The lowest BCUT2D eigenvalue weighted by atomic mass is 9.47. The Morgan fingerprint density at radius 3 is 2.71 bits per heavy atom. The molecule has 226 valence electrons. The van der Waals surface area contributed by atoms with Crippen LogP contribution in [0.5, 0.6) is 6.01 Å². The molecular weight excluding hydrogens is 512 g/mol. The molecular formula is C34H52N4O3. The number of hydrogen-bond donors (Lipinski definition) is 1. The van der Waals surface area contributed by atoms with E-state index < -0.39 is 0 Å². The van der Waals surface area contributed by atoms with Gasteiger partial charge in [-0.05, 0) is 111 Å². The van der Waals surface area contributed by atoms with E-state index in [4.69, 9.17) is 4.74 Å². The summed E-state index contributed by atoms with van der Waals surface area (Å²) in [6.45, 7) is 13.1. The van der Waals surface area contributed by atoms with Gasteiger partial charge in [0.1, 0.15) is 5.82 Å². The molecule has 1 unspecified atom stereocenters. The standard InChI is InChI=1S/C34H52N4O3/c1-5-41-32-35-17-14-30(36-32)37-18-20-38(21-19-37)31(40)11-6-23(2)27-9-10-28-26-8-7-24-22-25(39)12-15-33(24,3)29(26)13-16-34(27,28)4/h7,14,17,23,25-29,39H,5-6,8-13,15-16,18-22H2,1-4H3/t23?,25-,26-,27+,28-,29-,33-,34+/m0/s1. The van der Waals surface area contributed by atoms with Crippen molar-refractivity contribution in [1.29, 1.82) is 0 Å². The van der Waals surface area contributed by atoms with Crippen LogP contribution in [0.25, 0.3) is 0 Å². The van der Waals surface area contributed by atoms with Crippen LogP contribution < -0.4 is 9.64 Å². The summed E-state index contributed by atoms with van der Waals surface area (Å²) in [6, 6.07) is 2.34. The lowest BCUT2D eigenvalue weighted by Crippen LogP contribution is -2.51. The Balaban J connectivity index is 1.02. The number of ether oxygens (including phenoxy) is 1. The third kappa shape index (κ3) is 5.29. The quantitative estimate of drug-likeness (QED) is 0.417. The second-order valence-electron chi connectivity index (χ2n) is 14.4. The number of hydrogen-bond acceptors (Lipinski definition) is 6. The molecule has 41 heavy (non-hydrogen) atoms. The summed E-state index contributed by atoms with van der Waals surface area (Å²) >= 11 is 0. The molecule has 1 amide bonds.